The molecule has 0 bridgehead atoms. The predicted octanol–water partition coefficient (Wildman–Crippen LogP) is 3.69. The Morgan fingerprint density at radius 1 is 0.923 bits per heavy atom. The van der Waals surface area contributed by atoms with Crippen molar-refractivity contribution in [3.63, 3.8) is 0 Å². The molecular formula is C20H30O6. The number of methoxy groups -OCH3 is 2. The highest BCUT2D eigenvalue weighted by molar-refractivity contribution is 5.66. The Hall–Kier alpha value is -2.24. The molecule has 0 heterocycles. The smallest absolute Gasteiger partial charge is 0.302 e. The van der Waals surface area contributed by atoms with E-state index in [2.05, 4.69) is 0 Å². The molecule has 0 N–H and O–H groups in total. The molecule has 26 heavy (non-hydrogen) atoms. The molecule has 1 aromatic carbocycles. The Kier molecular flexibility index (Phi) is 9.55. The van der Waals surface area contributed by atoms with Gasteiger partial charge >= 0.3 is 11.9 Å². The van der Waals surface area contributed by atoms with Crippen LogP contribution >= 0.6 is 0 Å². The van der Waals surface area contributed by atoms with Gasteiger partial charge in [0.15, 0.2) is 11.5 Å². The quantitative estimate of drug-likeness (QED) is 0.556. The SMILES string of the molecule is CCC[C@H](C[C@H](CCc1ccc(OC)c(OC)c1)OC(C)=O)OC(C)=O. The lowest BCUT2D eigenvalue weighted by molar-refractivity contribution is -0.153. The minimum Gasteiger partial charge on any atom is -0.493 e. The summed E-state index contributed by atoms with van der Waals surface area (Å²) in [6.07, 6.45) is 2.92. The summed E-state index contributed by atoms with van der Waals surface area (Å²) in [4.78, 5) is 22.7. The van der Waals surface area contributed by atoms with Crippen molar-refractivity contribution >= 4 is 11.9 Å². The Balaban J connectivity index is 2.77. The highest BCUT2D eigenvalue weighted by Gasteiger charge is 2.21. The van der Waals surface area contributed by atoms with Crippen LogP contribution in [0.3, 0.4) is 0 Å². The van der Waals surface area contributed by atoms with Gasteiger partial charge in [-0.2, -0.15) is 0 Å². The molecule has 1 rings (SSSR count). The summed E-state index contributed by atoms with van der Waals surface area (Å²) in [6.45, 7) is 4.82. The third-order valence-corrected chi connectivity index (χ3v) is 4.00. The zero-order valence-electron chi connectivity index (χ0n) is 16.4. The van der Waals surface area contributed by atoms with Gasteiger partial charge in [0, 0.05) is 20.3 Å². The van der Waals surface area contributed by atoms with Crippen molar-refractivity contribution in [3.05, 3.63) is 23.8 Å². The molecule has 0 fully saturated rings. The minimum absolute atomic E-state index is 0.243. The van der Waals surface area contributed by atoms with Crippen LogP contribution in [-0.2, 0) is 25.5 Å². The van der Waals surface area contributed by atoms with Gasteiger partial charge < -0.3 is 18.9 Å². The maximum absolute atomic E-state index is 11.4. The number of rotatable bonds is 11. The monoisotopic (exact) mass is 366 g/mol. The van der Waals surface area contributed by atoms with E-state index in [9.17, 15) is 9.59 Å². The first kappa shape index (κ1) is 21.8. The lowest BCUT2D eigenvalue weighted by Crippen LogP contribution is -2.26. The summed E-state index contributed by atoms with van der Waals surface area (Å²) in [7, 11) is 3.19. The average molecular weight is 366 g/mol. The predicted molar refractivity (Wildman–Crippen MR) is 98.5 cm³/mol. The molecule has 0 aromatic heterocycles. The maximum atomic E-state index is 11.4. The van der Waals surface area contributed by atoms with Gasteiger partial charge in [-0.1, -0.05) is 19.4 Å². The molecule has 2 atom stereocenters. The van der Waals surface area contributed by atoms with Crippen molar-refractivity contribution in [3.8, 4) is 11.5 Å². The first-order chi connectivity index (χ1) is 12.4. The van der Waals surface area contributed by atoms with Crippen LogP contribution in [-0.4, -0.2) is 38.4 Å². The maximum Gasteiger partial charge on any atom is 0.302 e. The Morgan fingerprint density at radius 3 is 2.00 bits per heavy atom. The standard InChI is InChI=1S/C20H30O6/c1-6-7-17(25-14(2)21)13-18(26-15(3)22)10-8-16-9-11-19(23-4)20(12-16)24-5/h9,11-12,17-18H,6-8,10,13H2,1-5H3/t17-,18+/m1/s1. The van der Waals surface area contributed by atoms with E-state index in [0.717, 1.165) is 18.4 Å². The van der Waals surface area contributed by atoms with Crippen molar-refractivity contribution in [1.29, 1.82) is 0 Å². The molecule has 0 saturated heterocycles. The van der Waals surface area contributed by atoms with Gasteiger partial charge in [-0.3, -0.25) is 9.59 Å². The van der Waals surface area contributed by atoms with Gasteiger partial charge in [0.2, 0.25) is 0 Å². The molecule has 0 radical (unpaired) electrons. The van der Waals surface area contributed by atoms with E-state index in [1.165, 1.54) is 13.8 Å². The number of carbonyl (C=O) groups excluding carboxylic acids is 2. The molecule has 0 amide bonds. The number of benzene rings is 1. The van der Waals surface area contributed by atoms with Crippen molar-refractivity contribution in [1.82, 2.24) is 0 Å². The van der Waals surface area contributed by atoms with E-state index in [0.29, 0.717) is 30.8 Å². The summed E-state index contributed by atoms with van der Waals surface area (Å²) >= 11 is 0. The Labute approximate surface area is 155 Å². The third-order valence-electron chi connectivity index (χ3n) is 4.00. The van der Waals surface area contributed by atoms with Gasteiger partial charge in [-0.15, -0.1) is 0 Å². The number of esters is 2. The first-order valence-electron chi connectivity index (χ1n) is 8.94. The number of hydrogen-bond acceptors (Lipinski definition) is 6. The van der Waals surface area contributed by atoms with Crippen LogP contribution in [0.2, 0.25) is 0 Å². The topological polar surface area (TPSA) is 71.1 Å². The van der Waals surface area contributed by atoms with Crippen molar-refractivity contribution in [2.45, 2.75) is 65.1 Å². The first-order valence-corrected chi connectivity index (χ1v) is 8.94. The zero-order chi connectivity index (χ0) is 19.5. The molecule has 1 aromatic rings. The van der Waals surface area contributed by atoms with Crippen LogP contribution < -0.4 is 9.47 Å². The van der Waals surface area contributed by atoms with E-state index < -0.39 is 0 Å². The number of hydrogen-bond donors (Lipinski definition) is 0. The molecular weight excluding hydrogens is 336 g/mol. The van der Waals surface area contributed by atoms with Gasteiger partial charge in [0.05, 0.1) is 14.2 Å². The van der Waals surface area contributed by atoms with Gasteiger partial charge in [0.25, 0.3) is 0 Å². The van der Waals surface area contributed by atoms with Crippen LogP contribution in [0.4, 0.5) is 0 Å². The number of ether oxygens (including phenoxy) is 4. The van der Waals surface area contributed by atoms with Gasteiger partial charge in [0.1, 0.15) is 12.2 Å². The summed E-state index contributed by atoms with van der Waals surface area (Å²) in [6, 6.07) is 5.73. The molecule has 0 aliphatic rings. The molecule has 6 heteroatoms. The largest absolute Gasteiger partial charge is 0.493 e. The van der Waals surface area contributed by atoms with Crippen LogP contribution in [0, 0.1) is 0 Å². The van der Waals surface area contributed by atoms with Gasteiger partial charge in [-0.05, 0) is 37.0 Å². The van der Waals surface area contributed by atoms with E-state index in [-0.39, 0.29) is 24.1 Å². The van der Waals surface area contributed by atoms with Crippen molar-refractivity contribution < 1.29 is 28.5 Å². The second kappa shape index (κ2) is 11.4. The van der Waals surface area contributed by atoms with Crippen LogP contribution in [0.1, 0.15) is 52.0 Å². The summed E-state index contributed by atoms with van der Waals surface area (Å²) in [5.74, 6) is 0.689. The molecule has 0 unspecified atom stereocenters. The van der Waals surface area contributed by atoms with Crippen LogP contribution in [0.25, 0.3) is 0 Å². The summed E-state index contributed by atoms with van der Waals surface area (Å²) in [5, 5.41) is 0. The van der Waals surface area contributed by atoms with E-state index in [1.54, 1.807) is 14.2 Å². The average Bonchev–Trinajstić information content (AvgIpc) is 2.58. The lowest BCUT2D eigenvalue weighted by Gasteiger charge is -2.23. The molecule has 0 spiro atoms. The van der Waals surface area contributed by atoms with Crippen LogP contribution in [0.15, 0.2) is 18.2 Å². The lowest BCUT2D eigenvalue weighted by atomic mass is 10.00. The third kappa shape index (κ3) is 7.76. The highest BCUT2D eigenvalue weighted by atomic mass is 16.6. The Bertz CT molecular complexity index is 584. The fourth-order valence-electron chi connectivity index (χ4n) is 2.90. The minimum atomic E-state index is -0.333. The fraction of sp³-hybridized carbons (Fsp3) is 0.600. The fourth-order valence-corrected chi connectivity index (χ4v) is 2.90. The molecule has 146 valence electrons. The number of carbonyl (C=O) groups is 2. The van der Waals surface area contributed by atoms with Crippen molar-refractivity contribution in [2.24, 2.45) is 0 Å². The second-order valence-electron chi connectivity index (χ2n) is 6.22. The normalized spacial score (nSPS) is 12.8. The number of aryl methyl sites for hydroxylation is 1. The van der Waals surface area contributed by atoms with E-state index in [1.807, 2.05) is 25.1 Å². The summed E-state index contributed by atoms with van der Waals surface area (Å²) < 4.78 is 21.4. The van der Waals surface area contributed by atoms with Crippen molar-refractivity contribution in [2.75, 3.05) is 14.2 Å². The molecule has 0 aliphatic carbocycles. The van der Waals surface area contributed by atoms with E-state index >= 15 is 0 Å². The van der Waals surface area contributed by atoms with Gasteiger partial charge in [-0.25, -0.2) is 0 Å². The van der Waals surface area contributed by atoms with Crippen LogP contribution in [0.5, 0.6) is 11.5 Å². The molecule has 0 saturated carbocycles. The zero-order valence-corrected chi connectivity index (χ0v) is 16.4. The Morgan fingerprint density at radius 2 is 1.50 bits per heavy atom. The highest BCUT2D eigenvalue weighted by Crippen LogP contribution is 2.28. The van der Waals surface area contributed by atoms with E-state index in [4.69, 9.17) is 18.9 Å². The summed E-state index contributed by atoms with van der Waals surface area (Å²) in [5.41, 5.74) is 1.05. The molecule has 0 aliphatic heterocycles. The second-order valence-corrected chi connectivity index (χ2v) is 6.22. The molecule has 6 nitrogen and oxygen atoms in total.